The quantitative estimate of drug-likeness (QED) is 0.447. The van der Waals surface area contributed by atoms with Crippen LogP contribution in [0.5, 0.6) is 0 Å². The molecule has 76 valence electrons. The first-order chi connectivity index (χ1) is 6.55. The van der Waals surface area contributed by atoms with Gasteiger partial charge in [-0.3, -0.25) is 5.10 Å². The zero-order valence-corrected chi connectivity index (χ0v) is 8.78. The molecule has 0 unspecified atom stereocenters. The minimum absolute atomic E-state index is 0.0577. The predicted octanol–water partition coefficient (Wildman–Crippen LogP) is 2.56. The second kappa shape index (κ2) is 4.15. The second-order valence-electron chi connectivity index (χ2n) is 4.22. The molecule has 0 aromatic carbocycles. The Morgan fingerprint density at radius 2 is 2.29 bits per heavy atom. The second-order valence-corrected chi connectivity index (χ2v) is 4.22. The van der Waals surface area contributed by atoms with Crippen LogP contribution in [-0.2, 0) is 11.8 Å². The first-order valence-electron chi connectivity index (χ1n) is 4.59. The summed E-state index contributed by atoms with van der Waals surface area (Å²) in [7, 11) is 0. The van der Waals surface area contributed by atoms with Crippen LogP contribution in [0.25, 0.3) is 10.4 Å². The average Bonchev–Trinajstić information content (AvgIpc) is 2.52. The lowest BCUT2D eigenvalue weighted by Crippen LogP contribution is -2.14. The van der Waals surface area contributed by atoms with E-state index in [-0.39, 0.29) is 5.41 Å². The van der Waals surface area contributed by atoms with Crippen molar-refractivity contribution in [2.24, 2.45) is 5.11 Å². The standard InChI is InChI=1S/C9H15N5/c1-9(2,3)8-7(6-12-13-8)4-5-11-14-10/h6H,4-5H2,1-3H3,(H,12,13). The minimum atomic E-state index is 0.0577. The van der Waals surface area contributed by atoms with Crippen LogP contribution in [0.4, 0.5) is 0 Å². The fraction of sp³-hybridized carbons (Fsp3) is 0.667. The zero-order chi connectivity index (χ0) is 10.6. The fourth-order valence-electron chi connectivity index (χ4n) is 1.37. The normalized spacial score (nSPS) is 11.1. The third-order valence-corrected chi connectivity index (χ3v) is 2.01. The van der Waals surface area contributed by atoms with Crippen molar-refractivity contribution >= 4 is 0 Å². The van der Waals surface area contributed by atoms with Gasteiger partial charge < -0.3 is 0 Å². The molecule has 0 bridgehead atoms. The lowest BCUT2D eigenvalue weighted by molar-refractivity contribution is 0.560. The summed E-state index contributed by atoms with van der Waals surface area (Å²) >= 11 is 0. The maximum atomic E-state index is 8.16. The summed E-state index contributed by atoms with van der Waals surface area (Å²) < 4.78 is 0. The predicted molar refractivity (Wildman–Crippen MR) is 55.0 cm³/mol. The summed E-state index contributed by atoms with van der Waals surface area (Å²) in [6.07, 6.45) is 2.54. The zero-order valence-electron chi connectivity index (χ0n) is 8.78. The summed E-state index contributed by atoms with van der Waals surface area (Å²) in [5.74, 6) is 0. The van der Waals surface area contributed by atoms with E-state index in [1.54, 1.807) is 6.20 Å². The number of aromatic amines is 1. The Kier molecular flexibility index (Phi) is 3.14. The van der Waals surface area contributed by atoms with Gasteiger partial charge in [0.25, 0.3) is 0 Å². The van der Waals surface area contributed by atoms with Crippen molar-refractivity contribution in [1.82, 2.24) is 10.2 Å². The van der Waals surface area contributed by atoms with E-state index in [1.165, 1.54) is 0 Å². The summed E-state index contributed by atoms with van der Waals surface area (Å²) in [5.41, 5.74) is 10.5. The van der Waals surface area contributed by atoms with Gasteiger partial charge in [0.2, 0.25) is 0 Å². The van der Waals surface area contributed by atoms with E-state index in [0.29, 0.717) is 6.54 Å². The molecule has 0 fully saturated rings. The lowest BCUT2D eigenvalue weighted by Gasteiger charge is -2.17. The topological polar surface area (TPSA) is 77.4 Å². The summed E-state index contributed by atoms with van der Waals surface area (Å²) in [6.45, 7) is 6.85. The van der Waals surface area contributed by atoms with Crippen molar-refractivity contribution in [3.05, 3.63) is 27.9 Å². The number of nitrogens with one attached hydrogen (secondary N) is 1. The van der Waals surface area contributed by atoms with Gasteiger partial charge in [-0.05, 0) is 17.5 Å². The van der Waals surface area contributed by atoms with Crippen molar-refractivity contribution in [2.45, 2.75) is 32.6 Å². The van der Waals surface area contributed by atoms with Crippen molar-refractivity contribution in [3.8, 4) is 0 Å². The van der Waals surface area contributed by atoms with Gasteiger partial charge in [-0.15, -0.1) is 0 Å². The van der Waals surface area contributed by atoms with E-state index in [1.807, 2.05) is 0 Å². The van der Waals surface area contributed by atoms with Gasteiger partial charge in [0.15, 0.2) is 0 Å². The monoisotopic (exact) mass is 193 g/mol. The van der Waals surface area contributed by atoms with Gasteiger partial charge >= 0.3 is 0 Å². The molecule has 1 aromatic rings. The number of aromatic nitrogens is 2. The van der Waals surface area contributed by atoms with Crippen LogP contribution in [0.1, 0.15) is 32.0 Å². The number of H-pyrrole nitrogens is 1. The number of hydrogen-bond donors (Lipinski definition) is 1. The molecule has 5 heteroatoms. The summed E-state index contributed by atoms with van der Waals surface area (Å²) in [5, 5.41) is 10.5. The lowest BCUT2D eigenvalue weighted by atomic mass is 9.89. The van der Waals surface area contributed by atoms with E-state index in [0.717, 1.165) is 17.7 Å². The summed E-state index contributed by atoms with van der Waals surface area (Å²) in [4.78, 5) is 2.72. The molecule has 0 amide bonds. The van der Waals surface area contributed by atoms with Crippen LogP contribution in [0.15, 0.2) is 11.3 Å². The SMILES string of the molecule is CC(C)(C)c1[nH]ncc1CCN=[N+]=[N-]. The molecule has 0 spiro atoms. The molecule has 1 heterocycles. The molecule has 1 N–H and O–H groups in total. The number of hydrogen-bond acceptors (Lipinski definition) is 2. The molecule has 1 aromatic heterocycles. The molecule has 5 nitrogen and oxygen atoms in total. The average molecular weight is 193 g/mol. The Bertz CT molecular complexity index is 340. The maximum absolute atomic E-state index is 8.16. The number of rotatable bonds is 3. The molecule has 0 aliphatic carbocycles. The number of azide groups is 1. The molecule has 0 atom stereocenters. The molecule has 14 heavy (non-hydrogen) atoms. The molecule has 0 aliphatic heterocycles. The molecular formula is C9H15N5. The van der Waals surface area contributed by atoms with Crippen LogP contribution < -0.4 is 0 Å². The summed E-state index contributed by atoms with van der Waals surface area (Å²) in [6, 6.07) is 0. The minimum Gasteiger partial charge on any atom is -0.282 e. The Labute approximate surface area is 83.2 Å². The van der Waals surface area contributed by atoms with Crippen molar-refractivity contribution < 1.29 is 0 Å². The Morgan fingerprint density at radius 3 is 2.86 bits per heavy atom. The van der Waals surface area contributed by atoms with Crippen molar-refractivity contribution in [1.29, 1.82) is 0 Å². The van der Waals surface area contributed by atoms with Crippen LogP contribution in [0.2, 0.25) is 0 Å². The van der Waals surface area contributed by atoms with Crippen LogP contribution in [0.3, 0.4) is 0 Å². The Morgan fingerprint density at radius 1 is 1.57 bits per heavy atom. The number of nitrogens with zero attached hydrogens (tertiary/aromatic N) is 4. The molecule has 0 aliphatic rings. The third kappa shape index (κ3) is 2.50. The van der Waals surface area contributed by atoms with E-state index < -0.39 is 0 Å². The van der Waals surface area contributed by atoms with Crippen LogP contribution in [-0.4, -0.2) is 16.7 Å². The third-order valence-electron chi connectivity index (χ3n) is 2.01. The van der Waals surface area contributed by atoms with Gasteiger partial charge in [0, 0.05) is 22.6 Å². The molecule has 0 saturated carbocycles. The fourth-order valence-corrected chi connectivity index (χ4v) is 1.37. The Balaban J connectivity index is 2.77. The molecule has 0 saturated heterocycles. The van der Waals surface area contributed by atoms with Gasteiger partial charge in [-0.25, -0.2) is 0 Å². The van der Waals surface area contributed by atoms with E-state index in [4.69, 9.17) is 5.53 Å². The highest BCUT2D eigenvalue weighted by Gasteiger charge is 2.19. The maximum Gasteiger partial charge on any atom is 0.0522 e. The van der Waals surface area contributed by atoms with E-state index in [2.05, 4.69) is 41.0 Å². The first-order valence-corrected chi connectivity index (χ1v) is 4.59. The van der Waals surface area contributed by atoms with Crippen molar-refractivity contribution in [3.63, 3.8) is 0 Å². The van der Waals surface area contributed by atoms with Gasteiger partial charge in [0.05, 0.1) is 6.20 Å². The highest BCUT2D eigenvalue weighted by molar-refractivity contribution is 5.23. The van der Waals surface area contributed by atoms with E-state index >= 15 is 0 Å². The highest BCUT2D eigenvalue weighted by atomic mass is 15.1. The van der Waals surface area contributed by atoms with Crippen LogP contribution >= 0.6 is 0 Å². The van der Waals surface area contributed by atoms with Crippen LogP contribution in [0, 0.1) is 0 Å². The van der Waals surface area contributed by atoms with E-state index in [9.17, 15) is 0 Å². The molecular weight excluding hydrogens is 178 g/mol. The Hall–Kier alpha value is -1.48. The van der Waals surface area contributed by atoms with Gasteiger partial charge in [-0.1, -0.05) is 25.9 Å². The van der Waals surface area contributed by atoms with Gasteiger partial charge in [-0.2, -0.15) is 5.10 Å². The smallest absolute Gasteiger partial charge is 0.0522 e. The van der Waals surface area contributed by atoms with Crippen molar-refractivity contribution in [2.75, 3.05) is 6.54 Å². The molecule has 0 radical (unpaired) electrons. The highest BCUT2D eigenvalue weighted by Crippen LogP contribution is 2.23. The molecule has 1 rings (SSSR count). The largest absolute Gasteiger partial charge is 0.282 e. The van der Waals surface area contributed by atoms with Gasteiger partial charge in [0.1, 0.15) is 0 Å². The first kappa shape index (κ1) is 10.6.